The monoisotopic (exact) mass is 310 g/mol. The molecule has 1 aromatic rings. The molecule has 0 spiro atoms. The number of hydrogen-bond donors (Lipinski definition) is 2. The summed E-state index contributed by atoms with van der Waals surface area (Å²) >= 11 is 3.41. The zero-order chi connectivity index (χ0) is 13.2. The van der Waals surface area contributed by atoms with Crippen molar-refractivity contribution >= 4 is 21.8 Å². The highest BCUT2D eigenvalue weighted by molar-refractivity contribution is 9.10. The molecule has 3 nitrogen and oxygen atoms in total. The van der Waals surface area contributed by atoms with Crippen LogP contribution in [0.1, 0.15) is 38.3 Å². The van der Waals surface area contributed by atoms with Crippen molar-refractivity contribution in [2.24, 2.45) is 0 Å². The van der Waals surface area contributed by atoms with Crippen LogP contribution in [0, 0.1) is 0 Å². The van der Waals surface area contributed by atoms with Gasteiger partial charge in [0.05, 0.1) is 11.6 Å². The summed E-state index contributed by atoms with van der Waals surface area (Å²) in [7, 11) is 0. The number of nitrogens with one attached hydrogen (secondary N) is 2. The number of benzene rings is 1. The molecule has 2 unspecified atom stereocenters. The Kier molecular flexibility index (Phi) is 4.07. The van der Waals surface area contributed by atoms with Gasteiger partial charge in [0.25, 0.3) is 0 Å². The van der Waals surface area contributed by atoms with Gasteiger partial charge in [0, 0.05) is 4.47 Å². The standard InChI is InChI=1S/C14H19BrN2O/c1-10(11-4-6-12(15)7-5-11)17-13(18)14(2)8-3-9-16-14/h4-7,10,16H,3,8-9H2,1-2H3,(H,17,18). The Bertz CT molecular complexity index is 424. The Morgan fingerprint density at radius 1 is 1.44 bits per heavy atom. The Morgan fingerprint density at radius 3 is 2.67 bits per heavy atom. The third-order valence-electron chi connectivity index (χ3n) is 3.59. The van der Waals surface area contributed by atoms with Crippen LogP contribution in [0.5, 0.6) is 0 Å². The molecule has 0 radical (unpaired) electrons. The lowest BCUT2D eigenvalue weighted by Crippen LogP contribution is -2.51. The number of hydrogen-bond acceptors (Lipinski definition) is 2. The maximum atomic E-state index is 12.2. The fourth-order valence-corrected chi connectivity index (χ4v) is 2.54. The molecular weight excluding hydrogens is 292 g/mol. The van der Waals surface area contributed by atoms with Gasteiger partial charge < -0.3 is 10.6 Å². The fraction of sp³-hybridized carbons (Fsp3) is 0.500. The second-order valence-electron chi connectivity index (χ2n) is 5.11. The van der Waals surface area contributed by atoms with Crippen molar-refractivity contribution in [2.75, 3.05) is 6.54 Å². The van der Waals surface area contributed by atoms with E-state index >= 15 is 0 Å². The van der Waals surface area contributed by atoms with E-state index in [-0.39, 0.29) is 11.9 Å². The summed E-state index contributed by atoms with van der Waals surface area (Å²) in [4.78, 5) is 12.2. The van der Waals surface area contributed by atoms with Crippen LogP contribution in [0.2, 0.25) is 0 Å². The first-order valence-corrected chi connectivity index (χ1v) is 7.12. The highest BCUT2D eigenvalue weighted by Gasteiger charge is 2.36. The Hall–Kier alpha value is -0.870. The highest BCUT2D eigenvalue weighted by Crippen LogP contribution is 2.21. The van der Waals surface area contributed by atoms with Gasteiger partial charge in [-0.15, -0.1) is 0 Å². The maximum absolute atomic E-state index is 12.2. The minimum atomic E-state index is -0.399. The molecule has 4 heteroatoms. The molecule has 0 bridgehead atoms. The molecule has 1 aliphatic heterocycles. The molecule has 98 valence electrons. The number of halogens is 1. The maximum Gasteiger partial charge on any atom is 0.240 e. The van der Waals surface area contributed by atoms with Crippen LogP contribution in [0.15, 0.2) is 28.7 Å². The first-order valence-electron chi connectivity index (χ1n) is 6.33. The summed E-state index contributed by atoms with van der Waals surface area (Å²) in [6, 6.07) is 8.07. The van der Waals surface area contributed by atoms with Crippen molar-refractivity contribution in [1.29, 1.82) is 0 Å². The number of carbonyl (C=O) groups is 1. The third kappa shape index (κ3) is 2.93. The number of amides is 1. The van der Waals surface area contributed by atoms with E-state index in [0.29, 0.717) is 0 Å². The smallest absolute Gasteiger partial charge is 0.240 e. The average Bonchev–Trinajstić information content (AvgIpc) is 2.78. The summed E-state index contributed by atoms with van der Waals surface area (Å²) in [6.07, 6.45) is 1.97. The molecule has 2 atom stereocenters. The SMILES string of the molecule is CC(NC(=O)C1(C)CCCN1)c1ccc(Br)cc1. The van der Waals surface area contributed by atoms with E-state index in [1.54, 1.807) is 0 Å². The molecular formula is C14H19BrN2O. The number of rotatable bonds is 3. The zero-order valence-electron chi connectivity index (χ0n) is 10.8. The predicted molar refractivity (Wildman–Crippen MR) is 76.3 cm³/mol. The Balaban J connectivity index is 2.00. The summed E-state index contributed by atoms with van der Waals surface area (Å²) in [5.41, 5.74) is 0.719. The molecule has 0 aromatic heterocycles. The predicted octanol–water partition coefficient (Wildman–Crippen LogP) is 2.77. The third-order valence-corrected chi connectivity index (χ3v) is 4.12. The van der Waals surface area contributed by atoms with Crippen LogP contribution in [-0.4, -0.2) is 18.0 Å². The Morgan fingerprint density at radius 2 is 2.11 bits per heavy atom. The van der Waals surface area contributed by atoms with E-state index in [1.165, 1.54) is 0 Å². The lowest BCUT2D eigenvalue weighted by atomic mass is 9.98. The second kappa shape index (κ2) is 5.41. The minimum Gasteiger partial charge on any atom is -0.348 e. The van der Waals surface area contributed by atoms with Crippen molar-refractivity contribution < 1.29 is 4.79 Å². The average molecular weight is 311 g/mol. The van der Waals surface area contributed by atoms with Gasteiger partial charge in [-0.25, -0.2) is 0 Å². The van der Waals surface area contributed by atoms with Gasteiger partial charge >= 0.3 is 0 Å². The normalized spacial score (nSPS) is 24.8. The highest BCUT2D eigenvalue weighted by atomic mass is 79.9. The van der Waals surface area contributed by atoms with E-state index < -0.39 is 5.54 Å². The lowest BCUT2D eigenvalue weighted by Gasteiger charge is -2.26. The lowest BCUT2D eigenvalue weighted by molar-refractivity contribution is -0.127. The van der Waals surface area contributed by atoms with Gasteiger partial charge in [-0.3, -0.25) is 4.79 Å². The first-order chi connectivity index (χ1) is 8.51. The van der Waals surface area contributed by atoms with Gasteiger partial charge in [0.15, 0.2) is 0 Å². The molecule has 1 saturated heterocycles. The molecule has 1 aromatic carbocycles. The summed E-state index contributed by atoms with van der Waals surface area (Å²) in [6.45, 7) is 4.92. The fourth-order valence-electron chi connectivity index (χ4n) is 2.28. The van der Waals surface area contributed by atoms with E-state index in [4.69, 9.17) is 0 Å². The first kappa shape index (κ1) is 13.6. The molecule has 0 aliphatic carbocycles. The van der Waals surface area contributed by atoms with Crippen LogP contribution in [0.25, 0.3) is 0 Å². The summed E-state index contributed by atoms with van der Waals surface area (Å²) in [5, 5.41) is 6.36. The topological polar surface area (TPSA) is 41.1 Å². The molecule has 1 fully saturated rings. The molecule has 18 heavy (non-hydrogen) atoms. The van der Waals surface area contributed by atoms with E-state index in [1.807, 2.05) is 38.1 Å². The van der Waals surface area contributed by atoms with Gasteiger partial charge in [-0.2, -0.15) is 0 Å². The zero-order valence-corrected chi connectivity index (χ0v) is 12.4. The van der Waals surface area contributed by atoms with Crippen molar-refractivity contribution in [1.82, 2.24) is 10.6 Å². The molecule has 0 saturated carbocycles. The minimum absolute atomic E-state index is 0.0322. The van der Waals surface area contributed by atoms with Gasteiger partial charge in [0.2, 0.25) is 5.91 Å². The largest absolute Gasteiger partial charge is 0.348 e. The van der Waals surface area contributed by atoms with Crippen molar-refractivity contribution in [3.8, 4) is 0 Å². The molecule has 1 heterocycles. The van der Waals surface area contributed by atoms with E-state index in [0.717, 1.165) is 29.4 Å². The van der Waals surface area contributed by atoms with Gasteiger partial charge in [-0.1, -0.05) is 28.1 Å². The van der Waals surface area contributed by atoms with E-state index in [9.17, 15) is 4.79 Å². The molecule has 1 aliphatic rings. The van der Waals surface area contributed by atoms with Crippen LogP contribution >= 0.6 is 15.9 Å². The van der Waals surface area contributed by atoms with Crippen LogP contribution in [0.4, 0.5) is 0 Å². The van der Waals surface area contributed by atoms with Crippen LogP contribution in [-0.2, 0) is 4.79 Å². The van der Waals surface area contributed by atoms with Crippen LogP contribution in [0.3, 0.4) is 0 Å². The van der Waals surface area contributed by atoms with Crippen molar-refractivity contribution in [3.05, 3.63) is 34.3 Å². The van der Waals surface area contributed by atoms with Gasteiger partial charge in [-0.05, 0) is 50.9 Å². The summed E-state index contributed by atoms with van der Waals surface area (Å²) in [5.74, 6) is 0.0930. The van der Waals surface area contributed by atoms with Crippen molar-refractivity contribution in [2.45, 2.75) is 38.3 Å². The Labute approximate surface area is 116 Å². The second-order valence-corrected chi connectivity index (χ2v) is 6.02. The van der Waals surface area contributed by atoms with Gasteiger partial charge in [0.1, 0.15) is 0 Å². The number of carbonyl (C=O) groups excluding carboxylic acids is 1. The van der Waals surface area contributed by atoms with E-state index in [2.05, 4.69) is 26.6 Å². The van der Waals surface area contributed by atoms with Crippen LogP contribution < -0.4 is 10.6 Å². The molecule has 2 rings (SSSR count). The molecule has 1 amide bonds. The van der Waals surface area contributed by atoms with Crippen molar-refractivity contribution in [3.63, 3.8) is 0 Å². The summed E-state index contributed by atoms with van der Waals surface area (Å²) < 4.78 is 1.05. The molecule has 2 N–H and O–H groups in total. The quantitative estimate of drug-likeness (QED) is 0.901.